The fraction of sp³-hybridized carbons (Fsp3) is 0.312. The highest BCUT2D eigenvalue weighted by Crippen LogP contribution is 2.42. The second-order valence-electron chi connectivity index (χ2n) is 5.24. The number of carboxylic acids is 1. The quantitative estimate of drug-likeness (QED) is 0.941. The summed E-state index contributed by atoms with van der Waals surface area (Å²) >= 11 is 1.16. The summed E-state index contributed by atoms with van der Waals surface area (Å²) in [7, 11) is 0. The minimum absolute atomic E-state index is 0.275. The molecule has 0 aliphatic heterocycles. The van der Waals surface area contributed by atoms with Gasteiger partial charge in [-0.2, -0.15) is 5.26 Å². The summed E-state index contributed by atoms with van der Waals surface area (Å²) in [6.45, 7) is 2.61. The highest BCUT2D eigenvalue weighted by molar-refractivity contribution is 7.11. The van der Waals surface area contributed by atoms with Crippen LogP contribution in [0.1, 0.15) is 46.5 Å². The second-order valence-corrected chi connectivity index (χ2v) is 6.25. The summed E-state index contributed by atoms with van der Waals surface area (Å²) in [4.78, 5) is 16.6. The minimum atomic E-state index is -0.938. The number of thiazole rings is 1. The van der Waals surface area contributed by atoms with E-state index in [2.05, 4.69) is 11.1 Å². The molecule has 5 nitrogen and oxygen atoms in total. The zero-order valence-corrected chi connectivity index (χ0v) is 12.9. The Morgan fingerprint density at radius 1 is 1.55 bits per heavy atom. The van der Waals surface area contributed by atoms with E-state index in [0.717, 1.165) is 35.4 Å². The van der Waals surface area contributed by atoms with E-state index in [-0.39, 0.29) is 4.88 Å². The standard InChI is InChI=1S/C16H15N3O2S/c1-2-19-9-14(15(20)21)22-16(19)18-12-6-5-11(8-17)13(7-12)10-3-4-10/h5-7,9-10H,2-4H2,1H3,(H,20,21)/b18-16-. The van der Waals surface area contributed by atoms with Gasteiger partial charge in [-0.25, -0.2) is 9.79 Å². The second kappa shape index (κ2) is 5.78. The van der Waals surface area contributed by atoms with Gasteiger partial charge in [-0.3, -0.25) is 0 Å². The number of rotatable bonds is 4. The van der Waals surface area contributed by atoms with Crippen molar-refractivity contribution in [2.75, 3.05) is 0 Å². The Morgan fingerprint density at radius 3 is 2.91 bits per heavy atom. The number of nitriles is 1. The topological polar surface area (TPSA) is 78.4 Å². The SMILES string of the molecule is CCn1cc(C(=O)O)s/c1=N\c1ccc(C#N)c(C2CC2)c1. The molecule has 1 N–H and O–H groups in total. The normalized spacial score (nSPS) is 14.8. The molecule has 1 aromatic carbocycles. The zero-order valence-electron chi connectivity index (χ0n) is 12.1. The van der Waals surface area contributed by atoms with Crippen LogP contribution in [0.2, 0.25) is 0 Å². The van der Waals surface area contributed by atoms with Crippen molar-refractivity contribution in [3.63, 3.8) is 0 Å². The number of nitrogens with zero attached hydrogens (tertiary/aromatic N) is 3. The van der Waals surface area contributed by atoms with Crippen LogP contribution in [-0.4, -0.2) is 15.6 Å². The van der Waals surface area contributed by atoms with Crippen LogP contribution in [-0.2, 0) is 6.54 Å². The molecule has 6 heteroatoms. The zero-order chi connectivity index (χ0) is 15.7. The number of hydrogen-bond donors (Lipinski definition) is 1. The van der Waals surface area contributed by atoms with Crippen molar-refractivity contribution < 1.29 is 9.90 Å². The van der Waals surface area contributed by atoms with Crippen LogP contribution >= 0.6 is 11.3 Å². The Kier molecular flexibility index (Phi) is 3.82. The van der Waals surface area contributed by atoms with Crippen molar-refractivity contribution in [2.45, 2.75) is 32.2 Å². The van der Waals surface area contributed by atoms with Gasteiger partial charge in [0, 0.05) is 12.7 Å². The Bertz CT molecular complexity index is 838. The third-order valence-corrected chi connectivity index (χ3v) is 4.68. The predicted octanol–water partition coefficient (Wildman–Crippen LogP) is 3.25. The number of hydrogen-bond acceptors (Lipinski definition) is 4. The van der Waals surface area contributed by atoms with Crippen LogP contribution in [0.15, 0.2) is 29.4 Å². The molecule has 0 bridgehead atoms. The average molecular weight is 313 g/mol. The maximum absolute atomic E-state index is 11.1. The average Bonchev–Trinajstić information content (AvgIpc) is 3.28. The molecule has 0 saturated heterocycles. The molecule has 22 heavy (non-hydrogen) atoms. The van der Waals surface area contributed by atoms with Gasteiger partial charge in [0.05, 0.1) is 17.3 Å². The summed E-state index contributed by atoms with van der Waals surface area (Å²) < 4.78 is 1.82. The van der Waals surface area contributed by atoms with Crippen LogP contribution in [0, 0.1) is 11.3 Å². The molecule has 0 radical (unpaired) electrons. The van der Waals surface area contributed by atoms with Gasteiger partial charge in [0.25, 0.3) is 0 Å². The Balaban J connectivity index is 2.07. The highest BCUT2D eigenvalue weighted by Gasteiger charge is 2.26. The lowest BCUT2D eigenvalue weighted by molar-refractivity contribution is 0.0701. The van der Waals surface area contributed by atoms with Gasteiger partial charge in [-0.05, 0) is 49.4 Å². The van der Waals surface area contributed by atoms with Crippen molar-refractivity contribution >= 4 is 23.0 Å². The van der Waals surface area contributed by atoms with Gasteiger partial charge < -0.3 is 9.67 Å². The summed E-state index contributed by atoms with van der Waals surface area (Å²) in [5, 5.41) is 18.3. The predicted molar refractivity (Wildman–Crippen MR) is 83.3 cm³/mol. The van der Waals surface area contributed by atoms with Gasteiger partial charge in [0.1, 0.15) is 4.88 Å². The molecular weight excluding hydrogens is 298 g/mol. The van der Waals surface area contributed by atoms with Gasteiger partial charge in [0.15, 0.2) is 4.80 Å². The lowest BCUT2D eigenvalue weighted by atomic mass is 10.0. The van der Waals surface area contributed by atoms with Crippen molar-refractivity contribution in [1.82, 2.24) is 4.57 Å². The van der Waals surface area contributed by atoms with E-state index in [1.54, 1.807) is 12.3 Å². The first-order valence-electron chi connectivity index (χ1n) is 7.14. The minimum Gasteiger partial charge on any atom is -0.477 e. The van der Waals surface area contributed by atoms with E-state index in [0.29, 0.717) is 22.8 Å². The van der Waals surface area contributed by atoms with Gasteiger partial charge >= 0.3 is 5.97 Å². The van der Waals surface area contributed by atoms with E-state index < -0.39 is 5.97 Å². The molecule has 1 aliphatic carbocycles. The Morgan fingerprint density at radius 2 is 2.32 bits per heavy atom. The van der Waals surface area contributed by atoms with E-state index in [9.17, 15) is 10.1 Å². The summed E-state index contributed by atoms with van der Waals surface area (Å²) in [5.41, 5.74) is 2.53. The number of benzene rings is 1. The third-order valence-electron chi connectivity index (χ3n) is 3.67. The molecule has 0 unspecified atom stereocenters. The highest BCUT2D eigenvalue weighted by atomic mass is 32.1. The largest absolute Gasteiger partial charge is 0.477 e. The smallest absolute Gasteiger partial charge is 0.347 e. The number of carboxylic acid groups (broad SMARTS) is 1. The molecule has 1 saturated carbocycles. The molecular formula is C16H15N3O2S. The van der Waals surface area contributed by atoms with Crippen molar-refractivity contribution in [1.29, 1.82) is 5.26 Å². The first kappa shape index (κ1) is 14.5. The number of aryl methyl sites for hydroxylation is 1. The molecule has 1 fully saturated rings. The summed E-state index contributed by atoms with van der Waals surface area (Å²) in [5.74, 6) is -0.465. The lowest BCUT2D eigenvalue weighted by Crippen LogP contribution is -2.11. The Hall–Kier alpha value is -2.39. The first-order chi connectivity index (χ1) is 10.6. The van der Waals surface area contributed by atoms with Gasteiger partial charge in [-0.1, -0.05) is 11.3 Å². The summed E-state index contributed by atoms with van der Waals surface area (Å²) in [6.07, 6.45) is 3.85. The maximum Gasteiger partial charge on any atom is 0.347 e. The van der Waals surface area contributed by atoms with Crippen LogP contribution < -0.4 is 4.80 Å². The first-order valence-corrected chi connectivity index (χ1v) is 7.96. The van der Waals surface area contributed by atoms with Crippen molar-refractivity contribution in [3.05, 3.63) is 45.2 Å². The maximum atomic E-state index is 11.1. The van der Waals surface area contributed by atoms with Gasteiger partial charge in [-0.15, -0.1) is 0 Å². The van der Waals surface area contributed by atoms with E-state index >= 15 is 0 Å². The number of aromatic nitrogens is 1. The van der Waals surface area contributed by atoms with Crippen LogP contribution in [0.4, 0.5) is 5.69 Å². The molecule has 0 spiro atoms. The molecule has 112 valence electrons. The fourth-order valence-electron chi connectivity index (χ4n) is 2.36. The molecule has 1 heterocycles. The molecule has 0 amide bonds. The molecule has 0 atom stereocenters. The molecule has 1 aromatic heterocycles. The van der Waals surface area contributed by atoms with Crippen LogP contribution in [0.25, 0.3) is 0 Å². The number of aromatic carboxylic acids is 1. The summed E-state index contributed by atoms with van der Waals surface area (Å²) in [6, 6.07) is 7.79. The van der Waals surface area contributed by atoms with Crippen molar-refractivity contribution in [3.8, 4) is 6.07 Å². The molecule has 3 rings (SSSR count). The number of carbonyl (C=O) groups is 1. The van der Waals surface area contributed by atoms with E-state index in [1.165, 1.54) is 0 Å². The van der Waals surface area contributed by atoms with E-state index in [4.69, 9.17) is 5.11 Å². The third kappa shape index (κ3) is 2.81. The van der Waals surface area contributed by atoms with Gasteiger partial charge in [0.2, 0.25) is 0 Å². The monoisotopic (exact) mass is 313 g/mol. The Labute approximate surface area is 131 Å². The molecule has 2 aromatic rings. The van der Waals surface area contributed by atoms with Crippen LogP contribution in [0.3, 0.4) is 0 Å². The molecule has 1 aliphatic rings. The fourth-order valence-corrected chi connectivity index (χ4v) is 3.27. The van der Waals surface area contributed by atoms with Crippen molar-refractivity contribution in [2.24, 2.45) is 4.99 Å². The van der Waals surface area contributed by atoms with E-state index in [1.807, 2.05) is 23.6 Å². The lowest BCUT2D eigenvalue weighted by Gasteiger charge is -2.03. The van der Waals surface area contributed by atoms with Crippen LogP contribution in [0.5, 0.6) is 0 Å².